The SMILES string of the molecule is COc1ccc(S(=O)(=O)NCCC(=O)NC(C(=O)O)C(C)C)cc1OC. The van der Waals surface area contributed by atoms with Crippen LogP contribution >= 0.6 is 0 Å². The second-order valence-electron chi connectivity index (χ2n) is 5.79. The lowest BCUT2D eigenvalue weighted by atomic mass is 10.0. The number of carbonyl (C=O) groups is 2. The van der Waals surface area contributed by atoms with Crippen molar-refractivity contribution in [1.82, 2.24) is 10.0 Å². The molecule has 0 aromatic heterocycles. The van der Waals surface area contributed by atoms with E-state index in [9.17, 15) is 18.0 Å². The van der Waals surface area contributed by atoms with Crippen molar-refractivity contribution in [2.24, 2.45) is 5.92 Å². The van der Waals surface area contributed by atoms with E-state index in [4.69, 9.17) is 14.6 Å². The zero-order valence-electron chi connectivity index (χ0n) is 15.1. The summed E-state index contributed by atoms with van der Waals surface area (Å²) >= 11 is 0. The van der Waals surface area contributed by atoms with Gasteiger partial charge >= 0.3 is 5.97 Å². The number of benzene rings is 1. The van der Waals surface area contributed by atoms with Gasteiger partial charge < -0.3 is 19.9 Å². The van der Waals surface area contributed by atoms with Crippen LogP contribution in [0.15, 0.2) is 23.1 Å². The molecule has 10 heteroatoms. The van der Waals surface area contributed by atoms with Gasteiger partial charge in [0.1, 0.15) is 6.04 Å². The first-order chi connectivity index (χ1) is 12.1. The number of carboxylic acid groups (broad SMARTS) is 1. The number of rotatable bonds is 10. The highest BCUT2D eigenvalue weighted by Crippen LogP contribution is 2.29. The minimum Gasteiger partial charge on any atom is -0.493 e. The van der Waals surface area contributed by atoms with Gasteiger partial charge in [-0.25, -0.2) is 17.9 Å². The summed E-state index contributed by atoms with van der Waals surface area (Å²) in [6, 6.07) is 3.09. The normalized spacial score (nSPS) is 12.5. The van der Waals surface area contributed by atoms with Gasteiger partial charge in [-0.1, -0.05) is 13.8 Å². The summed E-state index contributed by atoms with van der Waals surface area (Å²) in [6.45, 7) is 3.16. The van der Waals surface area contributed by atoms with Gasteiger partial charge in [0.25, 0.3) is 0 Å². The van der Waals surface area contributed by atoms with Crippen molar-refractivity contribution in [2.45, 2.75) is 31.2 Å². The Morgan fingerprint density at radius 1 is 1.15 bits per heavy atom. The second kappa shape index (κ2) is 9.39. The molecule has 0 saturated carbocycles. The molecule has 1 unspecified atom stereocenters. The lowest BCUT2D eigenvalue weighted by molar-refractivity contribution is -0.143. The van der Waals surface area contributed by atoms with Crippen LogP contribution < -0.4 is 19.5 Å². The molecule has 1 atom stereocenters. The molecule has 146 valence electrons. The Morgan fingerprint density at radius 3 is 2.27 bits per heavy atom. The Bertz CT molecular complexity index is 747. The van der Waals surface area contributed by atoms with E-state index in [0.29, 0.717) is 5.75 Å². The quantitative estimate of drug-likeness (QED) is 0.535. The molecule has 1 amide bonds. The van der Waals surface area contributed by atoms with E-state index in [1.807, 2.05) is 0 Å². The molecule has 0 fully saturated rings. The number of carboxylic acids is 1. The summed E-state index contributed by atoms with van der Waals surface area (Å²) in [7, 11) is -1.03. The highest BCUT2D eigenvalue weighted by atomic mass is 32.2. The molecule has 0 heterocycles. The van der Waals surface area contributed by atoms with Crippen molar-refractivity contribution in [3.05, 3.63) is 18.2 Å². The van der Waals surface area contributed by atoms with Crippen LogP contribution in [0.25, 0.3) is 0 Å². The van der Waals surface area contributed by atoms with Crippen molar-refractivity contribution >= 4 is 21.9 Å². The summed E-state index contributed by atoms with van der Waals surface area (Å²) < 4.78 is 37.0. The predicted octanol–water partition coefficient (Wildman–Crippen LogP) is 0.598. The molecule has 0 aliphatic carbocycles. The number of amides is 1. The Kier molecular flexibility index (Phi) is 7.84. The van der Waals surface area contributed by atoms with E-state index < -0.39 is 27.9 Å². The number of hydrogen-bond donors (Lipinski definition) is 3. The summed E-state index contributed by atoms with van der Waals surface area (Å²) in [5, 5.41) is 11.4. The second-order valence-corrected chi connectivity index (χ2v) is 7.56. The van der Waals surface area contributed by atoms with Crippen LogP contribution in [0.1, 0.15) is 20.3 Å². The molecule has 1 aromatic carbocycles. The smallest absolute Gasteiger partial charge is 0.326 e. The first-order valence-electron chi connectivity index (χ1n) is 7.86. The molecule has 0 saturated heterocycles. The number of sulfonamides is 1. The van der Waals surface area contributed by atoms with Crippen molar-refractivity contribution in [2.75, 3.05) is 20.8 Å². The number of nitrogens with one attached hydrogen (secondary N) is 2. The van der Waals surface area contributed by atoms with Crippen molar-refractivity contribution in [3.63, 3.8) is 0 Å². The van der Waals surface area contributed by atoms with Gasteiger partial charge in [0.2, 0.25) is 15.9 Å². The average molecular weight is 388 g/mol. The summed E-state index contributed by atoms with van der Waals surface area (Å²) in [5.41, 5.74) is 0. The van der Waals surface area contributed by atoms with Crippen molar-refractivity contribution in [1.29, 1.82) is 0 Å². The minimum atomic E-state index is -3.86. The van der Waals surface area contributed by atoms with Gasteiger partial charge in [-0.3, -0.25) is 4.79 Å². The number of methoxy groups -OCH3 is 2. The monoisotopic (exact) mass is 388 g/mol. The first kappa shape index (κ1) is 21.7. The molecule has 0 aliphatic rings. The fraction of sp³-hybridized carbons (Fsp3) is 0.500. The highest BCUT2D eigenvalue weighted by Gasteiger charge is 2.23. The van der Waals surface area contributed by atoms with E-state index in [1.165, 1.54) is 32.4 Å². The molecule has 0 bridgehead atoms. The van der Waals surface area contributed by atoms with Gasteiger partial charge in [-0.05, 0) is 18.1 Å². The van der Waals surface area contributed by atoms with Crippen LogP contribution in [0.2, 0.25) is 0 Å². The number of ether oxygens (including phenoxy) is 2. The summed E-state index contributed by atoms with van der Waals surface area (Å²) in [6.07, 6.45) is -0.191. The van der Waals surface area contributed by atoms with Gasteiger partial charge in [0.15, 0.2) is 11.5 Å². The van der Waals surface area contributed by atoms with Gasteiger partial charge in [-0.2, -0.15) is 0 Å². The Labute approximate surface area is 152 Å². The molecule has 9 nitrogen and oxygen atoms in total. The third kappa shape index (κ3) is 5.88. The van der Waals surface area contributed by atoms with Crippen LogP contribution in [-0.2, 0) is 19.6 Å². The van der Waals surface area contributed by atoms with E-state index in [-0.39, 0.29) is 29.5 Å². The number of carbonyl (C=O) groups excluding carboxylic acids is 1. The van der Waals surface area contributed by atoms with E-state index in [2.05, 4.69) is 10.0 Å². The van der Waals surface area contributed by atoms with Crippen LogP contribution in [0.5, 0.6) is 11.5 Å². The molecule has 1 aromatic rings. The highest BCUT2D eigenvalue weighted by molar-refractivity contribution is 7.89. The van der Waals surface area contributed by atoms with Gasteiger partial charge in [0, 0.05) is 19.0 Å². The third-order valence-electron chi connectivity index (χ3n) is 3.56. The number of aliphatic carboxylic acids is 1. The Balaban J connectivity index is 2.69. The third-order valence-corrected chi connectivity index (χ3v) is 5.02. The summed E-state index contributed by atoms with van der Waals surface area (Å²) in [4.78, 5) is 22.8. The maximum Gasteiger partial charge on any atom is 0.326 e. The Morgan fingerprint density at radius 2 is 1.77 bits per heavy atom. The molecule has 0 radical (unpaired) electrons. The molecule has 0 spiro atoms. The maximum atomic E-state index is 12.3. The van der Waals surface area contributed by atoms with Gasteiger partial charge in [-0.15, -0.1) is 0 Å². The number of hydrogen-bond acceptors (Lipinski definition) is 6. The summed E-state index contributed by atoms with van der Waals surface area (Å²) in [5.74, 6) is -1.34. The van der Waals surface area contributed by atoms with Crippen molar-refractivity contribution < 1.29 is 32.6 Å². The molecule has 1 rings (SSSR count). The lowest BCUT2D eigenvalue weighted by Gasteiger charge is -2.18. The lowest BCUT2D eigenvalue weighted by Crippen LogP contribution is -2.45. The molecule has 26 heavy (non-hydrogen) atoms. The molecular formula is C16H24N2O7S. The van der Waals surface area contributed by atoms with E-state index in [1.54, 1.807) is 13.8 Å². The largest absolute Gasteiger partial charge is 0.493 e. The van der Waals surface area contributed by atoms with Crippen LogP contribution in [0, 0.1) is 5.92 Å². The molecule has 3 N–H and O–H groups in total. The van der Waals surface area contributed by atoms with Gasteiger partial charge in [0.05, 0.1) is 19.1 Å². The average Bonchev–Trinajstić information content (AvgIpc) is 2.58. The first-order valence-corrected chi connectivity index (χ1v) is 9.34. The Hall–Kier alpha value is -2.33. The van der Waals surface area contributed by atoms with Crippen LogP contribution in [0.3, 0.4) is 0 Å². The van der Waals surface area contributed by atoms with Crippen molar-refractivity contribution in [3.8, 4) is 11.5 Å². The zero-order valence-corrected chi connectivity index (χ0v) is 15.9. The zero-order chi connectivity index (χ0) is 19.9. The molecule has 0 aliphatic heterocycles. The molecular weight excluding hydrogens is 364 g/mol. The predicted molar refractivity (Wildman–Crippen MR) is 93.8 cm³/mol. The standard InChI is InChI=1S/C16H24N2O7S/c1-10(2)15(16(20)21)18-14(19)7-8-17-26(22,23)11-5-6-12(24-3)13(9-11)25-4/h5-6,9-10,15,17H,7-8H2,1-4H3,(H,18,19)(H,20,21). The maximum absolute atomic E-state index is 12.3. The fourth-order valence-corrected chi connectivity index (χ4v) is 3.17. The van der Waals surface area contributed by atoms with Crippen LogP contribution in [0.4, 0.5) is 0 Å². The topological polar surface area (TPSA) is 131 Å². The van der Waals surface area contributed by atoms with E-state index >= 15 is 0 Å². The minimum absolute atomic E-state index is 0.0406. The van der Waals surface area contributed by atoms with Crippen LogP contribution in [-0.4, -0.2) is 52.2 Å². The fourth-order valence-electron chi connectivity index (χ4n) is 2.13. The van der Waals surface area contributed by atoms with E-state index in [0.717, 1.165) is 0 Å².